The molecule has 9 heteroatoms. The van der Waals surface area contributed by atoms with Gasteiger partial charge in [-0.15, -0.1) is 11.3 Å². The highest BCUT2D eigenvalue weighted by Gasteiger charge is 2.24. The molecule has 2 heterocycles. The Morgan fingerprint density at radius 2 is 1.97 bits per heavy atom. The Bertz CT molecular complexity index is 1460. The molecule has 0 spiro atoms. The summed E-state index contributed by atoms with van der Waals surface area (Å²) in [5, 5.41) is 0. The number of benzene rings is 2. The van der Waals surface area contributed by atoms with E-state index in [1.54, 1.807) is 29.4 Å². The molecule has 0 saturated heterocycles. The van der Waals surface area contributed by atoms with Crippen LogP contribution in [0.4, 0.5) is 4.39 Å². The first-order valence-corrected chi connectivity index (χ1v) is 12.6. The van der Waals surface area contributed by atoms with Crippen molar-refractivity contribution in [2.45, 2.75) is 18.4 Å². The zero-order valence-electron chi connectivity index (χ0n) is 18.6. The predicted octanol–water partition coefficient (Wildman–Crippen LogP) is 5.06. The highest BCUT2D eigenvalue weighted by atomic mass is 32.2. The predicted molar refractivity (Wildman–Crippen MR) is 134 cm³/mol. The minimum atomic E-state index is -4.15. The topological polar surface area (TPSA) is 78.8 Å². The number of carbonyl (C=O) groups excluding carboxylic acids is 1. The highest BCUT2D eigenvalue weighted by molar-refractivity contribution is 7.89. The number of sulfonamides is 1. The van der Waals surface area contributed by atoms with E-state index in [1.165, 1.54) is 24.4 Å². The second kappa shape index (κ2) is 9.36. The fourth-order valence-electron chi connectivity index (χ4n) is 3.69. The summed E-state index contributed by atoms with van der Waals surface area (Å²) in [5.41, 5.74) is 3.68. The first-order valence-electron chi connectivity index (χ1n) is 10.3. The van der Waals surface area contributed by atoms with Crippen molar-refractivity contribution in [1.82, 2.24) is 9.62 Å². The third kappa shape index (κ3) is 4.71. The monoisotopic (exact) mass is 495 g/mol. The van der Waals surface area contributed by atoms with Crippen LogP contribution in [0.1, 0.15) is 27.7 Å². The molecule has 0 fully saturated rings. The van der Waals surface area contributed by atoms with Crippen LogP contribution in [-0.4, -0.2) is 33.0 Å². The first kappa shape index (κ1) is 23.6. The molecule has 3 aromatic rings. The number of rotatable bonds is 7. The summed E-state index contributed by atoms with van der Waals surface area (Å²) in [5.74, 6) is -0.813. The van der Waals surface area contributed by atoms with E-state index < -0.39 is 20.7 Å². The molecule has 1 amide bonds. The lowest BCUT2D eigenvalue weighted by Crippen LogP contribution is -2.23. The maximum absolute atomic E-state index is 14.0. The number of hydrogen-bond acceptors (Lipinski definition) is 5. The Balaban J connectivity index is 1.59. The maximum atomic E-state index is 14.0. The molecular formula is C25H22FN3O3S2. The van der Waals surface area contributed by atoms with Crippen LogP contribution in [0.3, 0.4) is 0 Å². The molecule has 1 aliphatic rings. The van der Waals surface area contributed by atoms with Gasteiger partial charge in [0, 0.05) is 28.9 Å². The van der Waals surface area contributed by atoms with Gasteiger partial charge in [0.15, 0.2) is 0 Å². The second-order valence-corrected chi connectivity index (χ2v) is 10.6. The van der Waals surface area contributed by atoms with Crippen LogP contribution in [-0.2, 0) is 16.6 Å². The van der Waals surface area contributed by atoms with E-state index in [0.717, 1.165) is 38.1 Å². The molecular weight excluding hydrogens is 473 g/mol. The number of hydrogen-bond donors (Lipinski definition) is 1. The number of nitrogens with one attached hydrogen (secondary N) is 1. The Kier molecular flexibility index (Phi) is 6.49. The van der Waals surface area contributed by atoms with Crippen LogP contribution in [0.5, 0.6) is 0 Å². The lowest BCUT2D eigenvalue weighted by molar-refractivity contribution is 0.0816. The second-order valence-electron chi connectivity index (χ2n) is 7.83. The standard InChI is InChI=1S/C25H22FN3O3S2/c1-16(12-19(14-27-2)28-34(31,32)24-7-5-4-6-21(24)26)22-10-11-23(33-22)17-8-9-20-18(13-17)15-29(3)25(20)30/h4-14,28H,2,15H2,1,3H3/b16-12+,19-14+. The minimum absolute atomic E-state index is 0.0279. The molecule has 0 saturated carbocycles. The van der Waals surface area contributed by atoms with E-state index in [9.17, 15) is 17.6 Å². The van der Waals surface area contributed by atoms with Crippen LogP contribution in [0, 0.1) is 5.82 Å². The van der Waals surface area contributed by atoms with Crippen LogP contribution < -0.4 is 4.72 Å². The van der Waals surface area contributed by atoms with E-state index in [2.05, 4.69) is 16.4 Å². The van der Waals surface area contributed by atoms with Gasteiger partial charge in [-0.3, -0.25) is 14.5 Å². The number of amides is 1. The zero-order valence-corrected chi connectivity index (χ0v) is 20.2. The van der Waals surface area contributed by atoms with Crippen molar-refractivity contribution < 1.29 is 17.6 Å². The summed E-state index contributed by atoms with van der Waals surface area (Å²) >= 11 is 1.54. The van der Waals surface area contributed by atoms with Gasteiger partial charge in [-0.25, -0.2) is 12.8 Å². The molecule has 4 rings (SSSR count). The highest BCUT2D eigenvalue weighted by Crippen LogP contribution is 2.34. The van der Waals surface area contributed by atoms with Crippen molar-refractivity contribution in [3.8, 4) is 10.4 Å². The molecule has 0 aliphatic carbocycles. The van der Waals surface area contributed by atoms with Crippen molar-refractivity contribution in [3.05, 3.63) is 94.4 Å². The van der Waals surface area contributed by atoms with Crippen molar-refractivity contribution in [2.75, 3.05) is 7.05 Å². The van der Waals surface area contributed by atoms with Gasteiger partial charge in [0.25, 0.3) is 15.9 Å². The van der Waals surface area contributed by atoms with Gasteiger partial charge < -0.3 is 4.90 Å². The largest absolute Gasteiger partial charge is 0.337 e. The average Bonchev–Trinajstić information content (AvgIpc) is 3.39. The third-order valence-electron chi connectivity index (χ3n) is 5.35. The maximum Gasteiger partial charge on any atom is 0.264 e. The number of fused-ring (bicyclic) bond motifs is 1. The van der Waals surface area contributed by atoms with Gasteiger partial charge in [-0.1, -0.05) is 18.2 Å². The van der Waals surface area contributed by atoms with Gasteiger partial charge in [-0.05, 0) is 72.8 Å². The third-order valence-corrected chi connectivity index (χ3v) is 8.03. The molecule has 0 atom stereocenters. The van der Waals surface area contributed by atoms with E-state index >= 15 is 0 Å². The molecule has 6 nitrogen and oxygen atoms in total. The molecule has 174 valence electrons. The van der Waals surface area contributed by atoms with Gasteiger partial charge in [0.05, 0.1) is 11.9 Å². The summed E-state index contributed by atoms with van der Waals surface area (Å²) in [4.78, 5) is 19.0. The Morgan fingerprint density at radius 3 is 2.71 bits per heavy atom. The van der Waals surface area contributed by atoms with E-state index in [0.29, 0.717) is 6.54 Å². The molecule has 0 radical (unpaired) electrons. The Hall–Kier alpha value is -3.56. The van der Waals surface area contributed by atoms with Crippen LogP contribution in [0.2, 0.25) is 0 Å². The van der Waals surface area contributed by atoms with Crippen LogP contribution in [0.25, 0.3) is 16.0 Å². The van der Waals surface area contributed by atoms with Gasteiger partial charge in [-0.2, -0.15) is 0 Å². The van der Waals surface area contributed by atoms with Crippen molar-refractivity contribution in [2.24, 2.45) is 4.99 Å². The van der Waals surface area contributed by atoms with E-state index in [4.69, 9.17) is 0 Å². The average molecular weight is 496 g/mol. The quantitative estimate of drug-likeness (QED) is 0.367. The number of allylic oxidation sites excluding steroid dienone is 2. The summed E-state index contributed by atoms with van der Waals surface area (Å²) in [6, 6.07) is 14.9. The molecule has 2 aromatic carbocycles. The zero-order chi connectivity index (χ0) is 24.5. The van der Waals surface area contributed by atoms with Crippen molar-refractivity contribution >= 4 is 39.6 Å². The lowest BCUT2D eigenvalue weighted by atomic mass is 10.1. The van der Waals surface area contributed by atoms with Crippen molar-refractivity contribution in [3.63, 3.8) is 0 Å². The van der Waals surface area contributed by atoms with Crippen LogP contribution >= 0.6 is 11.3 Å². The molecule has 1 N–H and O–H groups in total. The normalized spacial score (nSPS) is 14.3. The smallest absolute Gasteiger partial charge is 0.264 e. The van der Waals surface area contributed by atoms with Gasteiger partial charge in [0.2, 0.25) is 0 Å². The summed E-state index contributed by atoms with van der Waals surface area (Å²) in [6.45, 7) is 5.83. The molecule has 1 aliphatic heterocycles. The Labute approximate surface area is 201 Å². The summed E-state index contributed by atoms with van der Waals surface area (Å²) in [7, 11) is -2.37. The summed E-state index contributed by atoms with van der Waals surface area (Å²) < 4.78 is 41.8. The number of halogens is 1. The summed E-state index contributed by atoms with van der Waals surface area (Å²) in [6.07, 6.45) is 2.89. The van der Waals surface area contributed by atoms with E-state index in [-0.39, 0.29) is 11.6 Å². The molecule has 1 aromatic heterocycles. The number of nitrogens with zero attached hydrogens (tertiary/aromatic N) is 2. The van der Waals surface area contributed by atoms with E-state index in [1.807, 2.05) is 37.3 Å². The molecule has 34 heavy (non-hydrogen) atoms. The first-order chi connectivity index (χ1) is 16.2. The number of aliphatic imine (C=N–C) groups is 1. The van der Waals surface area contributed by atoms with Gasteiger partial charge >= 0.3 is 0 Å². The van der Waals surface area contributed by atoms with Crippen LogP contribution in [0.15, 0.2) is 82.5 Å². The van der Waals surface area contributed by atoms with Gasteiger partial charge in [0.1, 0.15) is 10.7 Å². The van der Waals surface area contributed by atoms with Crippen molar-refractivity contribution in [1.29, 1.82) is 0 Å². The minimum Gasteiger partial charge on any atom is -0.337 e. The number of thiophene rings is 1. The number of carbonyl (C=O) groups is 1. The fourth-order valence-corrected chi connectivity index (χ4v) is 5.78. The Morgan fingerprint density at radius 1 is 1.21 bits per heavy atom. The SMILES string of the molecule is C=N/C=C(\C=C(/C)c1ccc(-c2ccc3c(c2)CN(C)C3=O)s1)NS(=O)(=O)c1ccccc1F. The molecule has 0 bridgehead atoms. The lowest BCUT2D eigenvalue weighted by Gasteiger charge is -2.10. The molecule has 0 unspecified atom stereocenters. The fraction of sp³-hybridized carbons (Fsp3) is 0.120.